The summed E-state index contributed by atoms with van der Waals surface area (Å²) in [6, 6.07) is 19.2. The molecule has 2 saturated carbocycles. The number of nitrogens with zero attached hydrogens (tertiary/aromatic N) is 2. The molecule has 1 amide bonds. The Morgan fingerprint density at radius 1 is 0.929 bits per heavy atom. The smallest absolute Gasteiger partial charge is 0.239 e. The molecule has 0 saturated heterocycles. The maximum absolute atomic E-state index is 12.7. The van der Waals surface area contributed by atoms with Gasteiger partial charge in [0.25, 0.3) is 0 Å². The third-order valence-corrected chi connectivity index (χ3v) is 6.58. The van der Waals surface area contributed by atoms with Crippen molar-refractivity contribution in [2.75, 3.05) is 42.5 Å². The van der Waals surface area contributed by atoms with E-state index in [1.807, 2.05) is 0 Å². The molecular formula is C24H29N3O. The van der Waals surface area contributed by atoms with Crippen LogP contribution in [-0.2, 0) is 10.2 Å². The number of hydrogen-bond acceptors (Lipinski definition) is 3. The van der Waals surface area contributed by atoms with Crippen LogP contribution in [0, 0.1) is 5.92 Å². The molecule has 0 atom stereocenters. The van der Waals surface area contributed by atoms with Crippen molar-refractivity contribution in [1.82, 2.24) is 5.32 Å². The van der Waals surface area contributed by atoms with Gasteiger partial charge in [0.15, 0.2) is 0 Å². The highest BCUT2D eigenvalue weighted by molar-refractivity contribution is 5.84. The largest absolute Gasteiger partial charge is 0.368 e. The van der Waals surface area contributed by atoms with Gasteiger partial charge in [0, 0.05) is 31.6 Å². The predicted molar refractivity (Wildman–Crippen MR) is 114 cm³/mol. The topological polar surface area (TPSA) is 35.6 Å². The highest BCUT2D eigenvalue weighted by atomic mass is 16.2. The van der Waals surface area contributed by atoms with E-state index >= 15 is 0 Å². The van der Waals surface area contributed by atoms with E-state index in [0.29, 0.717) is 6.54 Å². The fourth-order valence-corrected chi connectivity index (χ4v) is 4.45. The second-order valence-corrected chi connectivity index (χ2v) is 8.72. The summed E-state index contributed by atoms with van der Waals surface area (Å²) in [6.45, 7) is 4.28. The summed E-state index contributed by atoms with van der Waals surface area (Å²) >= 11 is 0. The average Bonchev–Trinajstić information content (AvgIpc) is 3.65. The van der Waals surface area contributed by atoms with Gasteiger partial charge in [-0.05, 0) is 49.3 Å². The molecule has 1 aliphatic heterocycles. The number of benzene rings is 2. The molecule has 2 fully saturated rings. The van der Waals surface area contributed by atoms with E-state index in [4.69, 9.17) is 0 Å². The Bertz CT molecular complexity index is 842. The molecule has 0 radical (unpaired) electrons. The van der Waals surface area contributed by atoms with E-state index in [-0.39, 0.29) is 11.3 Å². The quantitative estimate of drug-likeness (QED) is 0.804. The molecule has 0 spiro atoms. The highest BCUT2D eigenvalue weighted by Crippen LogP contribution is 2.47. The average molecular weight is 376 g/mol. The fourth-order valence-electron chi connectivity index (χ4n) is 4.45. The monoisotopic (exact) mass is 375 g/mol. The summed E-state index contributed by atoms with van der Waals surface area (Å²) in [7, 11) is 0. The van der Waals surface area contributed by atoms with Crippen molar-refractivity contribution in [3.05, 3.63) is 60.2 Å². The minimum Gasteiger partial charge on any atom is -0.368 e. The molecule has 2 aromatic rings. The zero-order valence-corrected chi connectivity index (χ0v) is 16.4. The number of para-hydroxylation sites is 2. The van der Waals surface area contributed by atoms with Crippen LogP contribution in [0.2, 0.25) is 0 Å². The van der Waals surface area contributed by atoms with Gasteiger partial charge in [-0.25, -0.2) is 0 Å². The molecule has 0 aromatic heterocycles. The van der Waals surface area contributed by atoms with Crippen molar-refractivity contribution >= 4 is 17.3 Å². The van der Waals surface area contributed by atoms with Crippen molar-refractivity contribution < 1.29 is 4.79 Å². The van der Waals surface area contributed by atoms with Gasteiger partial charge in [0.05, 0.1) is 17.9 Å². The summed E-state index contributed by atoms with van der Waals surface area (Å²) in [5.74, 6) is 1.00. The second-order valence-electron chi connectivity index (χ2n) is 8.72. The summed E-state index contributed by atoms with van der Waals surface area (Å²) in [5, 5.41) is 3.22. The Kier molecular flexibility index (Phi) is 4.50. The fraction of sp³-hybridized carbons (Fsp3) is 0.458. The lowest BCUT2D eigenvalue weighted by Crippen LogP contribution is -2.47. The summed E-state index contributed by atoms with van der Waals surface area (Å²) in [6.07, 6.45) is 5.07. The van der Waals surface area contributed by atoms with Gasteiger partial charge in [-0.2, -0.15) is 0 Å². The van der Waals surface area contributed by atoms with Crippen LogP contribution >= 0.6 is 0 Å². The van der Waals surface area contributed by atoms with Gasteiger partial charge in [-0.1, -0.05) is 42.5 Å². The first-order chi connectivity index (χ1) is 13.7. The van der Waals surface area contributed by atoms with E-state index in [1.54, 1.807) is 0 Å². The Hall–Kier alpha value is -2.49. The Morgan fingerprint density at radius 2 is 1.57 bits per heavy atom. The van der Waals surface area contributed by atoms with Crippen LogP contribution < -0.4 is 15.1 Å². The number of amides is 1. The van der Waals surface area contributed by atoms with Crippen molar-refractivity contribution in [3.63, 3.8) is 0 Å². The normalized spacial score (nSPS) is 19.9. The number of carbonyl (C=O) groups is 1. The van der Waals surface area contributed by atoms with Gasteiger partial charge in [0.2, 0.25) is 5.91 Å². The van der Waals surface area contributed by atoms with Gasteiger partial charge in [-0.15, -0.1) is 0 Å². The van der Waals surface area contributed by atoms with E-state index < -0.39 is 0 Å². The number of hydrogen-bond donors (Lipinski definition) is 1. The Morgan fingerprint density at radius 3 is 2.25 bits per heavy atom. The lowest BCUT2D eigenvalue weighted by Gasteiger charge is -2.38. The molecule has 4 heteroatoms. The molecule has 2 aliphatic carbocycles. The van der Waals surface area contributed by atoms with Crippen LogP contribution in [0.5, 0.6) is 0 Å². The van der Waals surface area contributed by atoms with Gasteiger partial charge in [-0.3, -0.25) is 4.79 Å². The summed E-state index contributed by atoms with van der Waals surface area (Å²) < 4.78 is 0. The molecule has 2 aromatic carbocycles. The molecule has 146 valence electrons. The highest BCUT2D eigenvalue weighted by Gasteiger charge is 2.44. The molecule has 0 bridgehead atoms. The van der Waals surface area contributed by atoms with E-state index in [9.17, 15) is 4.79 Å². The van der Waals surface area contributed by atoms with Crippen LogP contribution in [0.4, 0.5) is 11.4 Å². The van der Waals surface area contributed by atoms with Crippen molar-refractivity contribution in [3.8, 4) is 0 Å². The van der Waals surface area contributed by atoms with Crippen LogP contribution in [0.25, 0.3) is 0 Å². The minimum atomic E-state index is 0.132. The molecule has 0 unspecified atom stereocenters. The van der Waals surface area contributed by atoms with Gasteiger partial charge < -0.3 is 15.1 Å². The summed E-state index contributed by atoms with van der Waals surface area (Å²) in [5.41, 5.74) is 4.01. The third kappa shape index (κ3) is 3.60. The van der Waals surface area contributed by atoms with Crippen LogP contribution in [0.15, 0.2) is 54.6 Å². The number of rotatable bonds is 7. The maximum Gasteiger partial charge on any atom is 0.239 e. The van der Waals surface area contributed by atoms with Crippen LogP contribution in [-0.4, -0.2) is 38.6 Å². The van der Waals surface area contributed by atoms with E-state index in [1.165, 1.54) is 42.6 Å². The molecule has 1 heterocycles. The first kappa shape index (κ1) is 17.6. The molecular weight excluding hydrogens is 346 g/mol. The lowest BCUT2D eigenvalue weighted by molar-refractivity contribution is -0.119. The molecule has 4 nitrogen and oxygen atoms in total. The predicted octanol–water partition coefficient (Wildman–Crippen LogP) is 3.57. The lowest BCUT2D eigenvalue weighted by atomic mass is 9.96. The molecule has 28 heavy (non-hydrogen) atoms. The van der Waals surface area contributed by atoms with Crippen molar-refractivity contribution in [1.29, 1.82) is 0 Å². The third-order valence-electron chi connectivity index (χ3n) is 6.58. The molecule has 5 rings (SSSR count). The van der Waals surface area contributed by atoms with Crippen LogP contribution in [0.1, 0.15) is 31.2 Å². The first-order valence-corrected chi connectivity index (χ1v) is 10.6. The SMILES string of the molecule is O=C(CN1CCN(CC2CC2)c2ccccc21)NCC1(c2ccccc2)CC1. The summed E-state index contributed by atoms with van der Waals surface area (Å²) in [4.78, 5) is 17.5. The number of anilines is 2. The standard InChI is InChI=1S/C24H29N3O/c28-23(25-18-24(12-13-24)20-6-2-1-3-7-20)17-27-15-14-26(16-19-10-11-19)21-8-4-5-9-22(21)27/h1-9,19H,10-18H2,(H,25,28). The van der Waals surface area contributed by atoms with Crippen molar-refractivity contribution in [2.45, 2.75) is 31.1 Å². The Balaban J connectivity index is 1.22. The van der Waals surface area contributed by atoms with Crippen LogP contribution in [0.3, 0.4) is 0 Å². The first-order valence-electron chi connectivity index (χ1n) is 10.6. The zero-order valence-electron chi connectivity index (χ0n) is 16.4. The molecule has 3 aliphatic rings. The maximum atomic E-state index is 12.7. The number of nitrogens with one attached hydrogen (secondary N) is 1. The minimum absolute atomic E-state index is 0.132. The van der Waals surface area contributed by atoms with Crippen molar-refractivity contribution in [2.24, 2.45) is 5.92 Å². The number of carbonyl (C=O) groups excluding carboxylic acids is 1. The van der Waals surface area contributed by atoms with E-state index in [0.717, 1.165) is 32.1 Å². The Labute approximate surface area is 167 Å². The second kappa shape index (κ2) is 7.16. The van der Waals surface area contributed by atoms with Gasteiger partial charge >= 0.3 is 0 Å². The number of fused-ring (bicyclic) bond motifs is 1. The van der Waals surface area contributed by atoms with E-state index in [2.05, 4.69) is 69.7 Å². The molecule has 1 N–H and O–H groups in total. The zero-order chi connectivity index (χ0) is 19.0. The van der Waals surface area contributed by atoms with Gasteiger partial charge in [0.1, 0.15) is 0 Å².